The second-order valence-electron chi connectivity index (χ2n) is 9.00. The van der Waals surface area contributed by atoms with Gasteiger partial charge >= 0.3 is 5.97 Å². The van der Waals surface area contributed by atoms with Gasteiger partial charge in [0, 0.05) is 31.6 Å². The Balaban J connectivity index is 1.49. The molecule has 2 aliphatic heterocycles. The highest BCUT2D eigenvalue weighted by atomic mass is 19.1. The van der Waals surface area contributed by atoms with Gasteiger partial charge in [-0.2, -0.15) is 0 Å². The van der Waals surface area contributed by atoms with E-state index in [2.05, 4.69) is 0 Å². The smallest absolute Gasteiger partial charge is 0.326 e. The van der Waals surface area contributed by atoms with Crippen LogP contribution in [0.3, 0.4) is 0 Å². The van der Waals surface area contributed by atoms with E-state index in [1.807, 2.05) is 65.6 Å². The molecule has 3 aromatic rings. The second-order valence-corrected chi connectivity index (χ2v) is 9.00. The highest BCUT2D eigenvalue weighted by Gasteiger charge is 2.44. The molecule has 7 heteroatoms. The summed E-state index contributed by atoms with van der Waals surface area (Å²) >= 11 is 0. The topological polar surface area (TPSA) is 70.1 Å². The monoisotopic (exact) mass is 474 g/mol. The van der Waals surface area contributed by atoms with E-state index in [1.54, 1.807) is 6.07 Å². The van der Waals surface area contributed by atoms with Crippen molar-refractivity contribution < 1.29 is 23.8 Å². The molecule has 0 spiro atoms. The average Bonchev–Trinajstić information content (AvgIpc) is 3.22. The van der Waals surface area contributed by atoms with Crippen LogP contribution in [0, 0.1) is 5.82 Å². The van der Waals surface area contributed by atoms with Gasteiger partial charge in [0.2, 0.25) is 5.91 Å². The zero-order valence-corrected chi connectivity index (χ0v) is 19.2. The molecule has 6 nitrogen and oxygen atoms in total. The van der Waals surface area contributed by atoms with Crippen molar-refractivity contribution in [1.82, 2.24) is 4.90 Å². The summed E-state index contributed by atoms with van der Waals surface area (Å²) in [6, 6.07) is 22.0. The third-order valence-electron chi connectivity index (χ3n) is 6.83. The number of fused-ring (bicyclic) bond motifs is 1. The third kappa shape index (κ3) is 4.58. The van der Waals surface area contributed by atoms with E-state index in [0.29, 0.717) is 24.6 Å². The molecule has 0 aromatic heterocycles. The molecule has 0 aliphatic carbocycles. The first-order valence-corrected chi connectivity index (χ1v) is 11.8. The van der Waals surface area contributed by atoms with Gasteiger partial charge in [0.1, 0.15) is 17.6 Å². The number of benzene rings is 3. The number of carbonyl (C=O) groups excluding carboxylic acids is 1. The lowest BCUT2D eigenvalue weighted by Gasteiger charge is -2.31. The van der Waals surface area contributed by atoms with E-state index in [0.717, 1.165) is 17.5 Å². The zero-order chi connectivity index (χ0) is 24.4. The maximum absolute atomic E-state index is 14.1. The molecule has 1 fully saturated rings. The van der Waals surface area contributed by atoms with Gasteiger partial charge in [-0.15, -0.1) is 0 Å². The van der Waals surface area contributed by atoms with Crippen LogP contribution >= 0.6 is 0 Å². The SMILES string of the molecule is O=C(O)[C@@H]1C[C@@H](N2CCCOc3ccc(F)cc32)CN1C(=O)C(c1ccccc1)c1ccccc1. The minimum Gasteiger partial charge on any atom is -0.491 e. The van der Waals surface area contributed by atoms with Crippen molar-refractivity contribution >= 4 is 17.6 Å². The summed E-state index contributed by atoms with van der Waals surface area (Å²) in [6.45, 7) is 1.33. The first-order chi connectivity index (χ1) is 17.0. The number of rotatable bonds is 5. The minimum atomic E-state index is -1.04. The number of carboxylic acids is 1. The molecule has 2 aliphatic rings. The number of halogens is 1. The van der Waals surface area contributed by atoms with Gasteiger partial charge in [0.25, 0.3) is 0 Å². The number of amides is 1. The van der Waals surface area contributed by atoms with Crippen LogP contribution in [-0.2, 0) is 9.59 Å². The fraction of sp³-hybridized carbons (Fsp3) is 0.286. The first-order valence-electron chi connectivity index (χ1n) is 11.8. The fourth-order valence-corrected chi connectivity index (χ4v) is 5.21. The van der Waals surface area contributed by atoms with Crippen molar-refractivity contribution in [2.24, 2.45) is 0 Å². The number of carboxylic acid groups (broad SMARTS) is 1. The number of aliphatic carboxylic acids is 1. The Kier molecular flexibility index (Phi) is 6.40. The number of hydrogen-bond acceptors (Lipinski definition) is 4. The van der Waals surface area contributed by atoms with Crippen LogP contribution in [-0.4, -0.2) is 53.7 Å². The molecule has 1 amide bonds. The largest absolute Gasteiger partial charge is 0.491 e. The summed E-state index contributed by atoms with van der Waals surface area (Å²) in [6.07, 6.45) is 0.975. The molecular weight excluding hydrogens is 447 g/mol. The van der Waals surface area contributed by atoms with Crippen molar-refractivity contribution in [2.45, 2.75) is 30.8 Å². The maximum Gasteiger partial charge on any atom is 0.326 e. The van der Waals surface area contributed by atoms with Gasteiger partial charge in [0.15, 0.2) is 0 Å². The van der Waals surface area contributed by atoms with Gasteiger partial charge in [0.05, 0.1) is 18.2 Å². The standard InChI is InChI=1S/C28H27FN2O4/c29-21-12-13-25-23(16-21)30(14-7-15-35-25)22-17-24(28(33)34)31(18-22)27(32)26(19-8-3-1-4-9-19)20-10-5-2-6-11-20/h1-6,8-13,16,22,24,26H,7,14-15,17-18H2,(H,33,34)/t22-,24+/m1/s1. The Morgan fingerprint density at radius 3 is 2.26 bits per heavy atom. The number of nitrogens with zero attached hydrogens (tertiary/aromatic N) is 2. The Morgan fingerprint density at radius 2 is 1.63 bits per heavy atom. The zero-order valence-electron chi connectivity index (χ0n) is 19.2. The van der Waals surface area contributed by atoms with Gasteiger partial charge in [-0.1, -0.05) is 60.7 Å². The van der Waals surface area contributed by atoms with Crippen LogP contribution in [0.15, 0.2) is 78.9 Å². The van der Waals surface area contributed by atoms with Gasteiger partial charge in [-0.25, -0.2) is 9.18 Å². The highest BCUT2D eigenvalue weighted by molar-refractivity contribution is 5.91. The van der Waals surface area contributed by atoms with Crippen LogP contribution in [0.5, 0.6) is 5.75 Å². The van der Waals surface area contributed by atoms with Crippen LogP contribution in [0.2, 0.25) is 0 Å². The third-order valence-corrected chi connectivity index (χ3v) is 6.83. The normalized spacial score (nSPS) is 19.7. The molecule has 2 heterocycles. The molecule has 2 atom stereocenters. The van der Waals surface area contributed by atoms with E-state index >= 15 is 0 Å². The molecule has 35 heavy (non-hydrogen) atoms. The first kappa shape index (κ1) is 22.9. The lowest BCUT2D eigenvalue weighted by Crippen LogP contribution is -2.44. The molecule has 1 saturated heterocycles. The molecule has 3 aromatic carbocycles. The average molecular weight is 475 g/mol. The predicted octanol–water partition coefficient (Wildman–Crippen LogP) is 4.30. The number of anilines is 1. The van der Waals surface area contributed by atoms with E-state index in [-0.39, 0.29) is 30.7 Å². The summed E-state index contributed by atoms with van der Waals surface area (Å²) in [5.74, 6) is -1.70. The summed E-state index contributed by atoms with van der Waals surface area (Å²) in [5, 5.41) is 10.1. The predicted molar refractivity (Wildman–Crippen MR) is 130 cm³/mol. The quantitative estimate of drug-likeness (QED) is 0.597. The molecule has 0 saturated carbocycles. The number of likely N-dealkylation sites (tertiary alicyclic amines) is 1. The Labute approximate surface area is 203 Å². The molecule has 0 radical (unpaired) electrons. The minimum absolute atomic E-state index is 0.238. The van der Waals surface area contributed by atoms with Crippen molar-refractivity contribution in [2.75, 3.05) is 24.6 Å². The van der Waals surface area contributed by atoms with Crippen LogP contribution in [0.1, 0.15) is 29.9 Å². The molecule has 5 rings (SSSR count). The lowest BCUT2D eigenvalue weighted by atomic mass is 9.90. The lowest BCUT2D eigenvalue weighted by molar-refractivity contribution is -0.148. The van der Waals surface area contributed by atoms with E-state index < -0.39 is 17.9 Å². The summed E-state index contributed by atoms with van der Waals surface area (Å²) in [7, 11) is 0. The maximum atomic E-state index is 14.1. The molecule has 180 valence electrons. The summed E-state index contributed by atoms with van der Waals surface area (Å²) in [4.78, 5) is 29.8. The number of carbonyl (C=O) groups is 2. The number of hydrogen-bond donors (Lipinski definition) is 1. The van der Waals surface area contributed by atoms with Crippen LogP contribution < -0.4 is 9.64 Å². The summed E-state index contributed by atoms with van der Waals surface area (Å²) < 4.78 is 19.9. The summed E-state index contributed by atoms with van der Waals surface area (Å²) in [5.41, 5.74) is 2.23. The Bertz CT molecular complexity index is 1160. The van der Waals surface area contributed by atoms with Crippen LogP contribution in [0.25, 0.3) is 0 Å². The molecule has 0 bridgehead atoms. The van der Waals surface area contributed by atoms with Gasteiger partial charge in [-0.05, 0) is 29.7 Å². The highest BCUT2D eigenvalue weighted by Crippen LogP contribution is 2.37. The molecule has 1 N–H and O–H groups in total. The molecular formula is C28H27FN2O4. The van der Waals surface area contributed by atoms with Crippen molar-refractivity contribution in [3.63, 3.8) is 0 Å². The Hall–Kier alpha value is -3.87. The fourth-order valence-electron chi connectivity index (χ4n) is 5.21. The van der Waals surface area contributed by atoms with E-state index in [9.17, 15) is 19.1 Å². The van der Waals surface area contributed by atoms with Gasteiger partial charge in [-0.3, -0.25) is 4.79 Å². The van der Waals surface area contributed by atoms with Crippen molar-refractivity contribution in [3.05, 3.63) is 95.8 Å². The molecule has 0 unspecified atom stereocenters. The van der Waals surface area contributed by atoms with E-state index in [1.165, 1.54) is 17.0 Å². The Morgan fingerprint density at radius 1 is 0.971 bits per heavy atom. The second kappa shape index (κ2) is 9.78. The number of ether oxygens (including phenoxy) is 1. The van der Waals surface area contributed by atoms with Gasteiger partial charge < -0.3 is 19.6 Å². The van der Waals surface area contributed by atoms with Crippen molar-refractivity contribution in [3.8, 4) is 5.75 Å². The van der Waals surface area contributed by atoms with Crippen molar-refractivity contribution in [1.29, 1.82) is 0 Å². The van der Waals surface area contributed by atoms with E-state index in [4.69, 9.17) is 4.74 Å². The van der Waals surface area contributed by atoms with Crippen LogP contribution in [0.4, 0.5) is 10.1 Å².